The van der Waals surface area contributed by atoms with Gasteiger partial charge in [-0.05, 0) is 49.7 Å². The second-order valence-corrected chi connectivity index (χ2v) is 7.75. The molecule has 3 N–H and O–H groups in total. The Labute approximate surface area is 165 Å². The lowest BCUT2D eigenvalue weighted by Gasteiger charge is -2.17. The first kappa shape index (κ1) is 18.1. The first-order valence-electron chi connectivity index (χ1n) is 8.95. The van der Waals surface area contributed by atoms with Crippen LogP contribution in [0.4, 0.5) is 5.69 Å². The third-order valence-corrected chi connectivity index (χ3v) is 5.45. The van der Waals surface area contributed by atoms with Gasteiger partial charge in [-0.3, -0.25) is 14.7 Å². The van der Waals surface area contributed by atoms with Gasteiger partial charge in [0, 0.05) is 16.6 Å². The van der Waals surface area contributed by atoms with Crippen LogP contribution in [0.5, 0.6) is 0 Å². The molecule has 28 heavy (non-hydrogen) atoms. The van der Waals surface area contributed by atoms with E-state index in [1.807, 2.05) is 32.0 Å². The first-order valence-corrected chi connectivity index (χ1v) is 9.77. The fourth-order valence-corrected chi connectivity index (χ4v) is 3.84. The van der Waals surface area contributed by atoms with Crippen LogP contribution in [-0.4, -0.2) is 33.0 Å². The molecule has 142 valence electrons. The van der Waals surface area contributed by atoms with Crippen molar-refractivity contribution in [1.29, 1.82) is 0 Å². The zero-order chi connectivity index (χ0) is 19.7. The van der Waals surface area contributed by atoms with Crippen molar-refractivity contribution in [2.75, 3.05) is 5.32 Å². The summed E-state index contributed by atoms with van der Waals surface area (Å²) in [6, 6.07) is 10.2. The van der Waals surface area contributed by atoms with Crippen LogP contribution in [0.3, 0.4) is 0 Å². The van der Waals surface area contributed by atoms with Crippen molar-refractivity contribution >= 4 is 50.0 Å². The highest BCUT2D eigenvalue weighted by atomic mass is 32.1. The van der Waals surface area contributed by atoms with E-state index in [-0.39, 0.29) is 11.8 Å². The number of carbonyl (C=O) groups excluding carboxylic acids is 2. The second kappa shape index (κ2) is 7.40. The maximum Gasteiger partial charge on any atom is 0.251 e. The Balaban J connectivity index is 1.47. The Bertz CT molecular complexity index is 1180. The molecule has 2 heterocycles. The topological polar surface area (TPSA) is 99.8 Å². The van der Waals surface area contributed by atoms with Crippen LogP contribution in [0.2, 0.25) is 0 Å². The quantitative estimate of drug-likeness (QED) is 0.482. The van der Waals surface area contributed by atoms with Gasteiger partial charge in [0.15, 0.2) is 0 Å². The third-order valence-electron chi connectivity index (χ3n) is 4.49. The Hall–Kier alpha value is -3.26. The van der Waals surface area contributed by atoms with E-state index in [0.29, 0.717) is 17.7 Å². The average Bonchev–Trinajstić information content (AvgIpc) is 3.29. The van der Waals surface area contributed by atoms with Gasteiger partial charge >= 0.3 is 0 Å². The molecule has 0 aliphatic heterocycles. The van der Waals surface area contributed by atoms with Crippen LogP contribution in [0.15, 0.2) is 42.6 Å². The maximum atomic E-state index is 12.7. The van der Waals surface area contributed by atoms with Crippen molar-refractivity contribution < 1.29 is 9.59 Å². The lowest BCUT2D eigenvalue weighted by Crippen LogP contribution is -2.43. The average molecular weight is 393 g/mol. The molecule has 0 saturated heterocycles. The molecule has 7 nitrogen and oxygen atoms in total. The van der Waals surface area contributed by atoms with Crippen molar-refractivity contribution in [3.63, 3.8) is 0 Å². The molecule has 8 heteroatoms. The lowest BCUT2D eigenvalue weighted by atomic mass is 10.1. The summed E-state index contributed by atoms with van der Waals surface area (Å²) in [6.45, 7) is 3.81. The van der Waals surface area contributed by atoms with E-state index in [1.54, 1.807) is 35.7 Å². The van der Waals surface area contributed by atoms with E-state index in [1.165, 1.54) is 0 Å². The summed E-state index contributed by atoms with van der Waals surface area (Å²) in [6.07, 6.45) is 2.13. The number of thiazole rings is 1. The highest BCUT2D eigenvalue weighted by molar-refractivity contribution is 7.18. The summed E-state index contributed by atoms with van der Waals surface area (Å²) in [5, 5.41) is 14.3. The Morgan fingerprint density at radius 2 is 2.07 bits per heavy atom. The predicted molar refractivity (Wildman–Crippen MR) is 111 cm³/mol. The van der Waals surface area contributed by atoms with Crippen molar-refractivity contribution in [3.05, 3.63) is 53.2 Å². The van der Waals surface area contributed by atoms with E-state index in [9.17, 15) is 9.59 Å². The van der Waals surface area contributed by atoms with Crippen LogP contribution in [0.25, 0.3) is 21.1 Å². The molecule has 4 aromatic rings. The summed E-state index contributed by atoms with van der Waals surface area (Å²) in [7, 11) is 0. The van der Waals surface area contributed by atoms with Gasteiger partial charge in [-0.1, -0.05) is 6.92 Å². The van der Waals surface area contributed by atoms with Gasteiger partial charge in [0.05, 0.1) is 26.9 Å². The number of hydrogen-bond acceptors (Lipinski definition) is 5. The molecule has 1 atom stereocenters. The highest BCUT2D eigenvalue weighted by Crippen LogP contribution is 2.24. The molecule has 0 unspecified atom stereocenters. The fourth-order valence-electron chi connectivity index (χ4n) is 3.03. The fraction of sp³-hybridized carbons (Fsp3) is 0.200. The van der Waals surface area contributed by atoms with E-state index in [4.69, 9.17) is 0 Å². The number of amides is 2. The second-order valence-electron chi connectivity index (χ2n) is 6.51. The summed E-state index contributed by atoms with van der Waals surface area (Å²) >= 11 is 1.61. The van der Waals surface area contributed by atoms with Gasteiger partial charge in [0.1, 0.15) is 6.04 Å². The lowest BCUT2D eigenvalue weighted by molar-refractivity contribution is -0.118. The number of aryl methyl sites for hydroxylation is 1. The van der Waals surface area contributed by atoms with Gasteiger partial charge in [0.2, 0.25) is 5.91 Å². The molecule has 0 bridgehead atoms. The van der Waals surface area contributed by atoms with Gasteiger partial charge in [0.25, 0.3) is 5.91 Å². The van der Waals surface area contributed by atoms with Crippen LogP contribution in [0.1, 0.15) is 28.7 Å². The third kappa shape index (κ3) is 3.59. The SMILES string of the molecule is CC[C@@H](NC(=O)c1ccc2[nH]ncc2c1)C(=O)Nc1ccc2sc(C)nc2c1. The number of anilines is 1. The number of H-pyrrole nitrogens is 1. The van der Waals surface area contributed by atoms with Crippen molar-refractivity contribution in [3.8, 4) is 0 Å². The minimum absolute atomic E-state index is 0.258. The predicted octanol–water partition coefficient (Wildman–Crippen LogP) is 3.63. The van der Waals surface area contributed by atoms with E-state index < -0.39 is 6.04 Å². The zero-order valence-corrected chi connectivity index (χ0v) is 16.3. The van der Waals surface area contributed by atoms with Gasteiger partial charge in [-0.15, -0.1) is 11.3 Å². The highest BCUT2D eigenvalue weighted by Gasteiger charge is 2.20. The van der Waals surface area contributed by atoms with Gasteiger partial charge in [-0.2, -0.15) is 5.10 Å². The largest absolute Gasteiger partial charge is 0.340 e. The number of aromatic nitrogens is 3. The summed E-state index contributed by atoms with van der Waals surface area (Å²) in [5.41, 5.74) is 2.86. The number of fused-ring (bicyclic) bond motifs is 2. The molecule has 2 amide bonds. The van der Waals surface area contributed by atoms with E-state index in [0.717, 1.165) is 26.1 Å². The maximum absolute atomic E-state index is 12.7. The Morgan fingerprint density at radius 1 is 1.21 bits per heavy atom. The van der Waals surface area contributed by atoms with Crippen LogP contribution in [-0.2, 0) is 4.79 Å². The summed E-state index contributed by atoms with van der Waals surface area (Å²) < 4.78 is 1.07. The van der Waals surface area contributed by atoms with Crippen LogP contribution < -0.4 is 10.6 Å². The number of nitrogens with zero attached hydrogens (tertiary/aromatic N) is 2. The molecule has 2 aromatic heterocycles. The minimum atomic E-state index is -0.639. The van der Waals surface area contributed by atoms with Crippen molar-refractivity contribution in [1.82, 2.24) is 20.5 Å². The number of hydrogen-bond donors (Lipinski definition) is 3. The normalized spacial score (nSPS) is 12.2. The smallest absolute Gasteiger partial charge is 0.251 e. The molecule has 4 rings (SSSR count). The van der Waals surface area contributed by atoms with E-state index in [2.05, 4.69) is 25.8 Å². The van der Waals surface area contributed by atoms with Gasteiger partial charge < -0.3 is 10.6 Å². The molecule has 0 aliphatic rings. The molecule has 0 radical (unpaired) electrons. The molecule has 0 fully saturated rings. The molecule has 2 aromatic carbocycles. The van der Waals surface area contributed by atoms with Crippen molar-refractivity contribution in [2.24, 2.45) is 0 Å². The molecule has 0 spiro atoms. The summed E-state index contributed by atoms with van der Waals surface area (Å²) in [4.78, 5) is 29.7. The van der Waals surface area contributed by atoms with Crippen LogP contribution in [0, 0.1) is 6.92 Å². The monoisotopic (exact) mass is 393 g/mol. The first-order chi connectivity index (χ1) is 13.5. The standard InChI is InChI=1S/C20H19N5O2S/c1-3-15(24-19(26)12-4-6-16-13(8-12)10-21-25-16)20(27)23-14-5-7-18-17(9-14)22-11(2)28-18/h4-10,15H,3H2,1-2H3,(H,21,25)(H,23,27)(H,24,26)/t15-/m1/s1. The number of aromatic amines is 1. The zero-order valence-electron chi connectivity index (χ0n) is 15.4. The van der Waals surface area contributed by atoms with E-state index >= 15 is 0 Å². The number of carbonyl (C=O) groups is 2. The van der Waals surface area contributed by atoms with Gasteiger partial charge in [-0.25, -0.2) is 4.98 Å². The minimum Gasteiger partial charge on any atom is -0.340 e. The number of rotatable bonds is 5. The Morgan fingerprint density at radius 3 is 2.89 bits per heavy atom. The number of nitrogens with one attached hydrogen (secondary N) is 3. The van der Waals surface area contributed by atoms with Crippen LogP contribution >= 0.6 is 11.3 Å². The molecular formula is C20H19N5O2S. The molecule has 0 saturated carbocycles. The molecule has 0 aliphatic carbocycles. The summed E-state index contributed by atoms with van der Waals surface area (Å²) in [5.74, 6) is -0.554. The molecular weight excluding hydrogens is 374 g/mol. The van der Waals surface area contributed by atoms with Crippen molar-refractivity contribution in [2.45, 2.75) is 26.3 Å². The Kier molecular flexibility index (Phi) is 4.79. The number of benzene rings is 2.